The van der Waals surface area contributed by atoms with E-state index in [-0.39, 0.29) is 24.6 Å². The average molecular weight is 493 g/mol. The summed E-state index contributed by atoms with van der Waals surface area (Å²) in [4.78, 5) is 16.4. The number of ether oxygens (including phenoxy) is 2. The molecule has 1 saturated heterocycles. The molecule has 0 spiro atoms. The van der Waals surface area contributed by atoms with Gasteiger partial charge in [0.2, 0.25) is 5.90 Å². The number of rotatable bonds is 6. The second-order valence-electron chi connectivity index (χ2n) is 6.60. The summed E-state index contributed by atoms with van der Waals surface area (Å²) < 4.78 is 11.9. The van der Waals surface area contributed by atoms with Crippen LogP contribution < -0.4 is 15.4 Å². The van der Waals surface area contributed by atoms with E-state index in [1.165, 1.54) is 0 Å². The predicted molar refractivity (Wildman–Crippen MR) is 117 cm³/mol. The fourth-order valence-electron chi connectivity index (χ4n) is 2.64. The summed E-state index contributed by atoms with van der Waals surface area (Å²) in [7, 11) is 1.70. The van der Waals surface area contributed by atoms with E-state index in [4.69, 9.17) is 32.7 Å². The molecule has 1 amide bonds. The van der Waals surface area contributed by atoms with Crippen LogP contribution >= 0.6 is 39.1 Å². The van der Waals surface area contributed by atoms with Crippen molar-refractivity contribution in [3.8, 4) is 5.75 Å². The first-order valence-electron chi connectivity index (χ1n) is 8.88. The zero-order valence-electron chi connectivity index (χ0n) is 16.0. The molecule has 6 nitrogen and oxygen atoms in total. The fraction of sp³-hybridized carbons (Fsp3) is 0.474. The lowest BCUT2D eigenvalue weighted by atomic mass is 10.0. The van der Waals surface area contributed by atoms with Gasteiger partial charge in [-0.1, -0.05) is 23.2 Å². The van der Waals surface area contributed by atoms with Crippen molar-refractivity contribution in [3.05, 3.63) is 38.5 Å². The Morgan fingerprint density at radius 2 is 2.07 bits per heavy atom. The third-order valence-electron chi connectivity index (χ3n) is 4.15. The van der Waals surface area contributed by atoms with E-state index in [9.17, 15) is 4.79 Å². The summed E-state index contributed by atoms with van der Waals surface area (Å²) >= 11 is 15.2. The van der Waals surface area contributed by atoms with Crippen LogP contribution in [-0.4, -0.2) is 44.1 Å². The SMILES string of the molecule is CN=C(OC(Br)=C(C)C)[C@H]1CC[C@H](NC(=O)COc2ccc(Cl)c(Cl)c2)CN1. The van der Waals surface area contributed by atoms with Gasteiger partial charge in [0.25, 0.3) is 5.91 Å². The molecule has 2 rings (SSSR count). The van der Waals surface area contributed by atoms with Crippen molar-refractivity contribution >= 4 is 50.9 Å². The Labute approximate surface area is 183 Å². The minimum absolute atomic E-state index is 0.0116. The van der Waals surface area contributed by atoms with Gasteiger partial charge in [0.15, 0.2) is 11.3 Å². The number of hydrogen-bond acceptors (Lipinski definition) is 5. The highest BCUT2D eigenvalue weighted by Crippen LogP contribution is 2.26. The summed E-state index contributed by atoms with van der Waals surface area (Å²) in [6, 6.07) is 4.92. The first-order chi connectivity index (χ1) is 13.3. The maximum absolute atomic E-state index is 12.1. The van der Waals surface area contributed by atoms with Crippen LogP contribution in [-0.2, 0) is 9.53 Å². The number of piperidine rings is 1. The normalized spacial score (nSPS) is 19.7. The van der Waals surface area contributed by atoms with E-state index in [0.29, 0.717) is 32.9 Å². The van der Waals surface area contributed by atoms with Crippen LogP contribution in [0.5, 0.6) is 5.75 Å². The predicted octanol–water partition coefficient (Wildman–Crippen LogP) is 4.30. The average Bonchev–Trinajstić information content (AvgIpc) is 2.67. The monoisotopic (exact) mass is 491 g/mol. The Hall–Kier alpha value is -1.28. The largest absolute Gasteiger partial charge is 0.484 e. The number of carbonyl (C=O) groups excluding carboxylic acids is 1. The number of benzene rings is 1. The Morgan fingerprint density at radius 1 is 1.32 bits per heavy atom. The molecule has 1 fully saturated rings. The van der Waals surface area contributed by atoms with E-state index in [2.05, 4.69) is 31.6 Å². The first kappa shape index (κ1) is 23.0. The van der Waals surface area contributed by atoms with Crippen molar-refractivity contribution < 1.29 is 14.3 Å². The van der Waals surface area contributed by atoms with E-state index in [1.807, 2.05) is 13.8 Å². The van der Waals surface area contributed by atoms with Gasteiger partial charge >= 0.3 is 0 Å². The Kier molecular flexibility index (Phi) is 9.08. The summed E-state index contributed by atoms with van der Waals surface area (Å²) in [5.41, 5.74) is 1.03. The number of nitrogens with one attached hydrogen (secondary N) is 2. The molecule has 28 heavy (non-hydrogen) atoms. The van der Waals surface area contributed by atoms with E-state index in [0.717, 1.165) is 18.4 Å². The molecule has 2 atom stereocenters. The lowest BCUT2D eigenvalue weighted by molar-refractivity contribution is -0.123. The minimum Gasteiger partial charge on any atom is -0.484 e. The van der Waals surface area contributed by atoms with Crippen molar-refractivity contribution in [2.24, 2.45) is 4.99 Å². The molecule has 0 aromatic heterocycles. The lowest BCUT2D eigenvalue weighted by Crippen LogP contribution is -2.53. The molecule has 1 heterocycles. The lowest BCUT2D eigenvalue weighted by Gasteiger charge is -2.30. The Balaban J connectivity index is 1.77. The van der Waals surface area contributed by atoms with Crippen LogP contribution in [0.3, 0.4) is 0 Å². The highest BCUT2D eigenvalue weighted by atomic mass is 79.9. The molecule has 0 radical (unpaired) electrons. The van der Waals surface area contributed by atoms with Crippen LogP contribution in [0.15, 0.2) is 33.4 Å². The van der Waals surface area contributed by atoms with Gasteiger partial charge in [-0.3, -0.25) is 9.79 Å². The molecule has 0 unspecified atom stereocenters. The van der Waals surface area contributed by atoms with Gasteiger partial charge in [0.05, 0.1) is 16.1 Å². The molecule has 1 aromatic carbocycles. The van der Waals surface area contributed by atoms with Gasteiger partial charge in [-0.2, -0.15) is 0 Å². The first-order valence-corrected chi connectivity index (χ1v) is 10.4. The van der Waals surface area contributed by atoms with E-state index < -0.39 is 0 Å². The van der Waals surface area contributed by atoms with Crippen LogP contribution in [0.2, 0.25) is 10.0 Å². The summed E-state index contributed by atoms with van der Waals surface area (Å²) in [5, 5.41) is 7.17. The zero-order valence-corrected chi connectivity index (χ0v) is 19.1. The maximum atomic E-state index is 12.1. The molecule has 9 heteroatoms. The molecule has 1 aromatic rings. The number of hydrogen-bond donors (Lipinski definition) is 2. The van der Waals surface area contributed by atoms with Gasteiger partial charge < -0.3 is 20.1 Å². The summed E-state index contributed by atoms with van der Waals surface area (Å²) in [5.74, 6) is 0.933. The number of amides is 1. The fourth-order valence-corrected chi connectivity index (χ4v) is 3.10. The maximum Gasteiger partial charge on any atom is 0.258 e. The standard InChI is InChI=1S/C19H24BrCl2N3O3/c1-11(2)18(20)28-19(23-3)16-7-4-12(9-24-16)25-17(26)10-27-13-5-6-14(21)15(22)8-13/h5-6,8,12,16,24H,4,7,9-10H2,1-3H3,(H,25,26)/t12-,16+/m0/s1. The number of nitrogens with zero attached hydrogens (tertiary/aromatic N) is 1. The molecule has 2 N–H and O–H groups in total. The van der Waals surface area contributed by atoms with Crippen LogP contribution in [0.1, 0.15) is 26.7 Å². The van der Waals surface area contributed by atoms with E-state index >= 15 is 0 Å². The Bertz CT molecular complexity index is 759. The van der Waals surface area contributed by atoms with Gasteiger partial charge in [-0.15, -0.1) is 0 Å². The molecular weight excluding hydrogens is 469 g/mol. The molecule has 0 bridgehead atoms. The smallest absolute Gasteiger partial charge is 0.258 e. The second kappa shape index (κ2) is 11.0. The van der Waals surface area contributed by atoms with Crippen LogP contribution in [0, 0.1) is 0 Å². The highest BCUT2D eigenvalue weighted by molar-refractivity contribution is 9.11. The molecular formula is C19H24BrCl2N3O3. The summed E-state index contributed by atoms with van der Waals surface area (Å²) in [6.07, 6.45) is 1.61. The second-order valence-corrected chi connectivity index (χ2v) is 8.14. The van der Waals surface area contributed by atoms with Gasteiger partial charge in [-0.25, -0.2) is 0 Å². The molecule has 0 saturated carbocycles. The Morgan fingerprint density at radius 3 is 2.64 bits per heavy atom. The highest BCUT2D eigenvalue weighted by Gasteiger charge is 2.26. The quantitative estimate of drug-likeness (QED) is 0.352. The molecule has 1 aliphatic heterocycles. The number of aliphatic imine (C=N–C) groups is 1. The van der Waals surface area contributed by atoms with Crippen molar-refractivity contribution in [1.29, 1.82) is 0 Å². The topological polar surface area (TPSA) is 72.0 Å². The number of halogens is 3. The molecule has 1 aliphatic rings. The third kappa shape index (κ3) is 6.95. The van der Waals surface area contributed by atoms with Gasteiger partial charge in [-0.05, 0) is 60.3 Å². The van der Waals surface area contributed by atoms with Crippen molar-refractivity contribution in [2.75, 3.05) is 20.2 Å². The summed E-state index contributed by atoms with van der Waals surface area (Å²) in [6.45, 7) is 4.45. The third-order valence-corrected chi connectivity index (χ3v) is 5.84. The van der Waals surface area contributed by atoms with Gasteiger partial charge in [0, 0.05) is 25.7 Å². The number of carbonyl (C=O) groups is 1. The van der Waals surface area contributed by atoms with Crippen molar-refractivity contribution in [3.63, 3.8) is 0 Å². The van der Waals surface area contributed by atoms with Crippen molar-refractivity contribution in [2.45, 2.75) is 38.8 Å². The number of allylic oxidation sites excluding steroid dienone is 1. The molecule has 0 aliphatic carbocycles. The minimum atomic E-state index is -0.191. The van der Waals surface area contributed by atoms with Crippen LogP contribution in [0.4, 0.5) is 0 Å². The zero-order chi connectivity index (χ0) is 20.7. The molecule has 154 valence electrons. The van der Waals surface area contributed by atoms with Crippen molar-refractivity contribution in [1.82, 2.24) is 10.6 Å². The van der Waals surface area contributed by atoms with Crippen LogP contribution in [0.25, 0.3) is 0 Å². The van der Waals surface area contributed by atoms with E-state index in [1.54, 1.807) is 25.2 Å². The van der Waals surface area contributed by atoms with Gasteiger partial charge in [0.1, 0.15) is 5.75 Å².